The lowest BCUT2D eigenvalue weighted by atomic mass is 9.85. The van der Waals surface area contributed by atoms with Crippen molar-refractivity contribution in [1.29, 1.82) is 0 Å². The summed E-state index contributed by atoms with van der Waals surface area (Å²) in [5.74, 6) is 0.603. The van der Waals surface area contributed by atoms with E-state index >= 15 is 0 Å². The molecule has 0 bridgehead atoms. The molecule has 3 heteroatoms. The Morgan fingerprint density at radius 3 is 2.00 bits per heavy atom. The highest BCUT2D eigenvalue weighted by atomic mass is 16.5. The fourth-order valence-corrected chi connectivity index (χ4v) is 3.82. The van der Waals surface area contributed by atoms with E-state index in [2.05, 4.69) is 29.6 Å². The molecule has 26 heavy (non-hydrogen) atoms. The van der Waals surface area contributed by atoms with Gasteiger partial charge in [0.2, 0.25) is 5.91 Å². The minimum absolute atomic E-state index is 0.0298. The molecule has 130 valence electrons. The van der Waals surface area contributed by atoms with Crippen LogP contribution in [-0.2, 0) is 10.2 Å². The van der Waals surface area contributed by atoms with Crippen molar-refractivity contribution >= 4 is 11.6 Å². The maximum Gasteiger partial charge on any atom is 0.228 e. The first-order valence-electron chi connectivity index (χ1n) is 8.80. The van der Waals surface area contributed by atoms with E-state index in [-0.39, 0.29) is 17.2 Å². The highest BCUT2D eigenvalue weighted by Crippen LogP contribution is 2.59. The van der Waals surface area contributed by atoms with Gasteiger partial charge in [0.05, 0.1) is 18.7 Å². The number of rotatable bonds is 5. The van der Waals surface area contributed by atoms with Crippen LogP contribution in [0, 0.1) is 5.92 Å². The Kier molecular flexibility index (Phi) is 4.21. The van der Waals surface area contributed by atoms with Gasteiger partial charge in [-0.1, -0.05) is 72.8 Å². The van der Waals surface area contributed by atoms with Crippen molar-refractivity contribution in [3.63, 3.8) is 0 Å². The maximum absolute atomic E-state index is 13.0. The van der Waals surface area contributed by atoms with Crippen LogP contribution < -0.4 is 10.1 Å². The Balaban J connectivity index is 1.66. The lowest BCUT2D eigenvalue weighted by Gasteiger charge is -2.19. The van der Waals surface area contributed by atoms with Gasteiger partial charge < -0.3 is 10.1 Å². The van der Waals surface area contributed by atoms with Gasteiger partial charge >= 0.3 is 0 Å². The first-order valence-corrected chi connectivity index (χ1v) is 8.80. The summed E-state index contributed by atoms with van der Waals surface area (Å²) >= 11 is 0. The molecule has 0 aliphatic heterocycles. The first kappa shape index (κ1) is 16.4. The molecule has 1 N–H and O–H groups in total. The predicted octanol–water partition coefficient (Wildman–Crippen LogP) is 4.64. The van der Waals surface area contributed by atoms with Gasteiger partial charge in [-0.3, -0.25) is 4.79 Å². The number of nitrogens with one attached hydrogen (secondary N) is 1. The number of benzene rings is 3. The average Bonchev–Trinajstić information content (AvgIpc) is 3.47. The topological polar surface area (TPSA) is 38.3 Å². The molecule has 0 aromatic heterocycles. The molecule has 1 amide bonds. The van der Waals surface area contributed by atoms with Crippen LogP contribution in [0.25, 0.3) is 0 Å². The van der Waals surface area contributed by atoms with Crippen molar-refractivity contribution in [1.82, 2.24) is 0 Å². The highest BCUT2D eigenvalue weighted by molar-refractivity contribution is 5.98. The number of anilines is 1. The van der Waals surface area contributed by atoms with E-state index in [0.717, 1.165) is 6.42 Å². The molecular formula is C23H21NO2. The van der Waals surface area contributed by atoms with E-state index in [1.807, 2.05) is 60.7 Å². The number of methoxy groups -OCH3 is 1. The minimum Gasteiger partial charge on any atom is -0.495 e. The largest absolute Gasteiger partial charge is 0.495 e. The first-order chi connectivity index (χ1) is 12.8. The van der Waals surface area contributed by atoms with E-state index in [4.69, 9.17) is 4.74 Å². The summed E-state index contributed by atoms with van der Waals surface area (Å²) in [7, 11) is 1.61. The fraction of sp³-hybridized carbons (Fsp3) is 0.174. The summed E-state index contributed by atoms with van der Waals surface area (Å²) in [6, 6.07) is 28.1. The van der Waals surface area contributed by atoms with Crippen molar-refractivity contribution < 1.29 is 9.53 Å². The van der Waals surface area contributed by atoms with E-state index in [1.165, 1.54) is 11.1 Å². The third kappa shape index (κ3) is 2.76. The van der Waals surface area contributed by atoms with E-state index in [1.54, 1.807) is 7.11 Å². The third-order valence-corrected chi connectivity index (χ3v) is 5.22. The summed E-state index contributed by atoms with van der Waals surface area (Å²) in [6.07, 6.45) is 0.808. The van der Waals surface area contributed by atoms with Crippen molar-refractivity contribution in [3.8, 4) is 5.75 Å². The Morgan fingerprint density at radius 2 is 1.42 bits per heavy atom. The zero-order chi connectivity index (χ0) is 18.0. The lowest BCUT2D eigenvalue weighted by molar-refractivity contribution is -0.117. The second-order valence-electron chi connectivity index (χ2n) is 6.65. The molecule has 1 aliphatic rings. The quantitative estimate of drug-likeness (QED) is 0.733. The molecule has 1 saturated carbocycles. The Morgan fingerprint density at radius 1 is 0.885 bits per heavy atom. The Labute approximate surface area is 153 Å². The fourth-order valence-electron chi connectivity index (χ4n) is 3.82. The van der Waals surface area contributed by atoms with Gasteiger partial charge in [-0.2, -0.15) is 0 Å². The summed E-state index contributed by atoms with van der Waals surface area (Å²) < 4.78 is 5.35. The number of para-hydroxylation sites is 2. The molecule has 0 spiro atoms. The molecule has 1 aliphatic carbocycles. The number of amides is 1. The van der Waals surface area contributed by atoms with Gasteiger partial charge in [0, 0.05) is 5.41 Å². The van der Waals surface area contributed by atoms with Crippen LogP contribution in [0.3, 0.4) is 0 Å². The minimum atomic E-state index is -0.255. The van der Waals surface area contributed by atoms with Gasteiger partial charge in [0.1, 0.15) is 5.75 Å². The van der Waals surface area contributed by atoms with Crippen LogP contribution in [0.1, 0.15) is 17.5 Å². The second-order valence-corrected chi connectivity index (χ2v) is 6.65. The Hall–Kier alpha value is -3.07. The van der Waals surface area contributed by atoms with Crippen molar-refractivity contribution in [2.45, 2.75) is 11.8 Å². The Bertz CT molecular complexity index is 866. The van der Waals surface area contributed by atoms with Gasteiger partial charge in [0.15, 0.2) is 0 Å². The summed E-state index contributed by atoms with van der Waals surface area (Å²) in [6.45, 7) is 0. The second kappa shape index (κ2) is 6.68. The number of carbonyl (C=O) groups excluding carboxylic acids is 1. The SMILES string of the molecule is COc1ccccc1NC(=O)C1CC1(c1ccccc1)c1ccccc1. The standard InChI is InChI=1S/C23H21NO2/c1-26-21-15-9-8-14-20(21)24-22(25)19-16-23(19,17-10-4-2-5-11-17)18-12-6-3-7-13-18/h2-15,19H,16H2,1H3,(H,24,25). The van der Waals surface area contributed by atoms with Crippen molar-refractivity contribution in [2.24, 2.45) is 5.92 Å². The van der Waals surface area contributed by atoms with Crippen molar-refractivity contribution in [2.75, 3.05) is 12.4 Å². The van der Waals surface area contributed by atoms with Crippen LogP contribution in [0.4, 0.5) is 5.69 Å². The van der Waals surface area contributed by atoms with E-state index in [9.17, 15) is 4.79 Å². The molecule has 1 fully saturated rings. The monoisotopic (exact) mass is 343 g/mol. The van der Waals surface area contributed by atoms with Crippen LogP contribution in [0.2, 0.25) is 0 Å². The lowest BCUT2D eigenvalue weighted by Crippen LogP contribution is -2.22. The molecule has 0 heterocycles. The molecule has 0 saturated heterocycles. The summed E-state index contributed by atoms with van der Waals surface area (Å²) in [5.41, 5.74) is 2.83. The molecule has 0 radical (unpaired) electrons. The van der Waals surface area contributed by atoms with Crippen LogP contribution >= 0.6 is 0 Å². The van der Waals surface area contributed by atoms with Gasteiger partial charge in [-0.05, 0) is 29.7 Å². The van der Waals surface area contributed by atoms with E-state index < -0.39 is 0 Å². The zero-order valence-electron chi connectivity index (χ0n) is 14.7. The third-order valence-electron chi connectivity index (χ3n) is 5.22. The molecule has 1 atom stereocenters. The van der Waals surface area contributed by atoms with Gasteiger partial charge in [-0.15, -0.1) is 0 Å². The molecule has 1 unspecified atom stereocenters. The van der Waals surface area contributed by atoms with E-state index in [0.29, 0.717) is 11.4 Å². The molecule has 4 rings (SSSR count). The average molecular weight is 343 g/mol. The molecule has 3 nitrogen and oxygen atoms in total. The zero-order valence-corrected chi connectivity index (χ0v) is 14.7. The summed E-state index contributed by atoms with van der Waals surface area (Å²) in [4.78, 5) is 13.0. The predicted molar refractivity (Wildman–Crippen MR) is 103 cm³/mol. The van der Waals surface area contributed by atoms with Crippen LogP contribution in [0.15, 0.2) is 84.9 Å². The summed E-state index contributed by atoms with van der Waals surface area (Å²) in [5, 5.41) is 3.05. The van der Waals surface area contributed by atoms with Crippen LogP contribution in [0.5, 0.6) is 5.75 Å². The number of hydrogen-bond donors (Lipinski definition) is 1. The number of ether oxygens (including phenoxy) is 1. The molecule has 3 aromatic carbocycles. The van der Waals surface area contributed by atoms with Crippen molar-refractivity contribution in [3.05, 3.63) is 96.1 Å². The normalized spacial score (nSPS) is 17.3. The highest BCUT2D eigenvalue weighted by Gasteiger charge is 2.60. The van der Waals surface area contributed by atoms with Crippen LogP contribution in [-0.4, -0.2) is 13.0 Å². The number of hydrogen-bond acceptors (Lipinski definition) is 2. The van der Waals surface area contributed by atoms with Gasteiger partial charge in [-0.25, -0.2) is 0 Å². The molecular weight excluding hydrogens is 322 g/mol. The smallest absolute Gasteiger partial charge is 0.228 e. The molecule has 3 aromatic rings. The van der Waals surface area contributed by atoms with Gasteiger partial charge in [0.25, 0.3) is 0 Å². The number of carbonyl (C=O) groups is 1. The maximum atomic E-state index is 13.0.